The zero-order chi connectivity index (χ0) is 18.1. The summed E-state index contributed by atoms with van der Waals surface area (Å²) in [7, 11) is 0. The van der Waals surface area contributed by atoms with Crippen molar-refractivity contribution in [3.8, 4) is 11.5 Å². The molecular formula is C19H21ClN2O3. The highest BCUT2D eigenvalue weighted by atomic mass is 35.5. The van der Waals surface area contributed by atoms with Gasteiger partial charge in [0.15, 0.2) is 6.61 Å². The van der Waals surface area contributed by atoms with Crippen molar-refractivity contribution in [3.63, 3.8) is 0 Å². The van der Waals surface area contributed by atoms with E-state index in [0.717, 1.165) is 23.3 Å². The number of carbonyl (C=O) groups is 1. The van der Waals surface area contributed by atoms with Crippen molar-refractivity contribution in [2.75, 3.05) is 13.2 Å². The Morgan fingerprint density at radius 2 is 1.96 bits per heavy atom. The number of hydrogen-bond acceptors (Lipinski definition) is 4. The highest BCUT2D eigenvalue weighted by Gasteiger charge is 2.04. The lowest BCUT2D eigenvalue weighted by molar-refractivity contribution is -0.123. The number of aryl methyl sites for hydroxylation is 1. The van der Waals surface area contributed by atoms with E-state index in [9.17, 15) is 4.79 Å². The Morgan fingerprint density at radius 1 is 1.20 bits per heavy atom. The molecular weight excluding hydrogens is 340 g/mol. The van der Waals surface area contributed by atoms with Crippen molar-refractivity contribution in [2.24, 2.45) is 5.10 Å². The smallest absolute Gasteiger partial charge is 0.277 e. The molecule has 0 radical (unpaired) electrons. The van der Waals surface area contributed by atoms with Gasteiger partial charge in [0.25, 0.3) is 5.91 Å². The number of rotatable bonds is 8. The van der Waals surface area contributed by atoms with Crippen LogP contribution in [0.4, 0.5) is 0 Å². The molecule has 0 aliphatic carbocycles. The highest BCUT2D eigenvalue weighted by Crippen LogP contribution is 2.21. The van der Waals surface area contributed by atoms with Gasteiger partial charge >= 0.3 is 0 Å². The summed E-state index contributed by atoms with van der Waals surface area (Å²) in [6, 6.07) is 12.7. The fraction of sp³-hybridized carbons (Fsp3) is 0.263. The number of ether oxygens (including phenoxy) is 2. The predicted octanol–water partition coefficient (Wildman–Crippen LogP) is 3.97. The second-order valence-corrected chi connectivity index (χ2v) is 5.85. The molecule has 5 nitrogen and oxygen atoms in total. The van der Waals surface area contributed by atoms with Crippen molar-refractivity contribution in [3.05, 3.63) is 58.6 Å². The molecule has 2 rings (SSSR count). The van der Waals surface area contributed by atoms with Crippen molar-refractivity contribution in [1.82, 2.24) is 5.43 Å². The predicted molar refractivity (Wildman–Crippen MR) is 99.6 cm³/mol. The first-order chi connectivity index (χ1) is 12.1. The Hall–Kier alpha value is -2.53. The van der Waals surface area contributed by atoms with E-state index in [2.05, 4.69) is 17.5 Å². The molecule has 2 aromatic rings. The summed E-state index contributed by atoms with van der Waals surface area (Å²) in [6.45, 7) is 4.49. The molecule has 0 unspecified atom stereocenters. The monoisotopic (exact) mass is 360 g/mol. The molecule has 2 aromatic carbocycles. The Balaban J connectivity index is 1.78. The van der Waals surface area contributed by atoms with Crippen LogP contribution in [0.5, 0.6) is 11.5 Å². The van der Waals surface area contributed by atoms with E-state index in [-0.39, 0.29) is 12.5 Å². The van der Waals surface area contributed by atoms with Gasteiger partial charge in [-0.2, -0.15) is 5.10 Å². The molecule has 0 bridgehead atoms. The lowest BCUT2D eigenvalue weighted by atomic mass is 10.2. The molecule has 6 heteroatoms. The van der Waals surface area contributed by atoms with Crippen molar-refractivity contribution in [2.45, 2.75) is 20.3 Å². The molecule has 0 aliphatic rings. The van der Waals surface area contributed by atoms with Gasteiger partial charge in [-0.25, -0.2) is 5.43 Å². The largest absolute Gasteiger partial charge is 0.494 e. The van der Waals surface area contributed by atoms with Gasteiger partial charge in [-0.05, 0) is 66.9 Å². The minimum absolute atomic E-state index is 0.121. The van der Waals surface area contributed by atoms with Gasteiger partial charge in [0.1, 0.15) is 11.5 Å². The molecule has 0 heterocycles. The normalized spacial score (nSPS) is 10.7. The summed E-state index contributed by atoms with van der Waals surface area (Å²) in [6.07, 6.45) is 2.53. The van der Waals surface area contributed by atoms with Crippen molar-refractivity contribution < 1.29 is 14.3 Å². The van der Waals surface area contributed by atoms with Gasteiger partial charge in [-0.1, -0.05) is 18.5 Å². The first-order valence-corrected chi connectivity index (χ1v) is 8.40. The number of carbonyl (C=O) groups excluding carboxylic acids is 1. The maximum absolute atomic E-state index is 11.8. The lowest BCUT2D eigenvalue weighted by Gasteiger charge is -2.08. The van der Waals surface area contributed by atoms with E-state index >= 15 is 0 Å². The van der Waals surface area contributed by atoms with E-state index in [0.29, 0.717) is 17.4 Å². The van der Waals surface area contributed by atoms with Gasteiger partial charge in [0, 0.05) is 5.02 Å². The van der Waals surface area contributed by atoms with Crippen molar-refractivity contribution >= 4 is 23.7 Å². The van der Waals surface area contributed by atoms with Crippen LogP contribution in [-0.4, -0.2) is 25.3 Å². The van der Waals surface area contributed by atoms with Crippen LogP contribution in [0.3, 0.4) is 0 Å². The number of nitrogens with one attached hydrogen (secondary N) is 1. The fourth-order valence-electron chi connectivity index (χ4n) is 2.00. The first kappa shape index (κ1) is 18.8. The minimum atomic E-state index is -0.339. The molecule has 0 spiro atoms. The van der Waals surface area contributed by atoms with E-state index < -0.39 is 0 Å². The highest BCUT2D eigenvalue weighted by molar-refractivity contribution is 6.30. The number of nitrogens with zero attached hydrogens (tertiary/aromatic N) is 1. The molecule has 1 amide bonds. The Labute approximate surface area is 152 Å². The third-order valence-corrected chi connectivity index (χ3v) is 3.49. The van der Waals surface area contributed by atoms with E-state index in [1.807, 2.05) is 31.2 Å². The zero-order valence-corrected chi connectivity index (χ0v) is 15.0. The van der Waals surface area contributed by atoms with E-state index in [1.54, 1.807) is 24.4 Å². The standard InChI is InChI=1S/C19H21ClN2O3/c1-3-10-24-17-7-4-15(5-8-17)12-21-22-19(23)13-25-18-9-6-16(20)11-14(18)2/h4-9,11-12H,3,10,13H2,1-2H3,(H,22,23). The molecule has 0 aromatic heterocycles. The minimum Gasteiger partial charge on any atom is -0.494 e. The maximum Gasteiger partial charge on any atom is 0.277 e. The third-order valence-electron chi connectivity index (χ3n) is 3.25. The average molecular weight is 361 g/mol. The van der Waals surface area contributed by atoms with Gasteiger partial charge < -0.3 is 9.47 Å². The maximum atomic E-state index is 11.8. The molecule has 0 aliphatic heterocycles. The quantitative estimate of drug-likeness (QED) is 0.572. The Kier molecular flexibility index (Phi) is 7.29. The molecule has 1 N–H and O–H groups in total. The molecule has 132 valence electrons. The Morgan fingerprint density at radius 3 is 2.64 bits per heavy atom. The topological polar surface area (TPSA) is 59.9 Å². The van der Waals surface area contributed by atoms with Crippen LogP contribution < -0.4 is 14.9 Å². The summed E-state index contributed by atoms with van der Waals surface area (Å²) < 4.78 is 11.0. The van der Waals surface area contributed by atoms with Gasteiger partial charge in [-0.3, -0.25) is 4.79 Å². The molecule has 25 heavy (non-hydrogen) atoms. The van der Waals surface area contributed by atoms with Gasteiger partial charge in [0.2, 0.25) is 0 Å². The number of hydrogen-bond donors (Lipinski definition) is 1. The van der Waals surface area contributed by atoms with E-state index in [1.165, 1.54) is 0 Å². The summed E-state index contributed by atoms with van der Waals surface area (Å²) in [4.78, 5) is 11.8. The van der Waals surface area contributed by atoms with Crippen LogP contribution in [0.2, 0.25) is 5.02 Å². The first-order valence-electron chi connectivity index (χ1n) is 8.02. The van der Waals surface area contributed by atoms with Crippen molar-refractivity contribution in [1.29, 1.82) is 0 Å². The second kappa shape index (κ2) is 9.69. The molecule has 0 fully saturated rings. The third kappa shape index (κ3) is 6.47. The summed E-state index contributed by atoms with van der Waals surface area (Å²) in [5.74, 6) is 1.09. The van der Waals surface area contributed by atoms with Crippen LogP contribution in [0.15, 0.2) is 47.6 Å². The number of halogens is 1. The summed E-state index contributed by atoms with van der Waals surface area (Å²) in [5, 5.41) is 4.55. The lowest BCUT2D eigenvalue weighted by Crippen LogP contribution is -2.24. The molecule has 0 atom stereocenters. The SMILES string of the molecule is CCCOc1ccc(C=NNC(=O)COc2ccc(Cl)cc2C)cc1. The number of benzene rings is 2. The second-order valence-electron chi connectivity index (χ2n) is 5.41. The summed E-state index contributed by atoms with van der Waals surface area (Å²) in [5.41, 5.74) is 4.16. The average Bonchev–Trinajstić information content (AvgIpc) is 2.60. The summed E-state index contributed by atoms with van der Waals surface area (Å²) >= 11 is 5.88. The fourth-order valence-corrected chi connectivity index (χ4v) is 2.23. The van der Waals surface area contributed by atoms with Crippen LogP contribution in [0, 0.1) is 6.92 Å². The number of amides is 1. The van der Waals surface area contributed by atoms with Crippen LogP contribution in [0.1, 0.15) is 24.5 Å². The Bertz CT molecular complexity index is 730. The van der Waals surface area contributed by atoms with E-state index in [4.69, 9.17) is 21.1 Å². The number of hydrazone groups is 1. The van der Waals surface area contributed by atoms with Gasteiger partial charge in [-0.15, -0.1) is 0 Å². The van der Waals surface area contributed by atoms with Gasteiger partial charge in [0.05, 0.1) is 12.8 Å². The van der Waals surface area contributed by atoms with Crippen LogP contribution in [-0.2, 0) is 4.79 Å². The molecule has 0 saturated carbocycles. The van der Waals surface area contributed by atoms with Crippen LogP contribution in [0.25, 0.3) is 0 Å². The molecule has 0 saturated heterocycles. The zero-order valence-electron chi connectivity index (χ0n) is 14.3. The van der Waals surface area contributed by atoms with Crippen LogP contribution >= 0.6 is 11.6 Å².